The summed E-state index contributed by atoms with van der Waals surface area (Å²) in [5.74, 6) is 1.49. The highest BCUT2D eigenvalue weighted by Gasteiger charge is 2.29. The van der Waals surface area contributed by atoms with E-state index >= 15 is 0 Å². The molecule has 2 aliphatic heterocycles. The first-order valence-corrected chi connectivity index (χ1v) is 13.0. The number of hydrogen-bond acceptors (Lipinski definition) is 7. The number of rotatable bonds is 8. The van der Waals surface area contributed by atoms with Gasteiger partial charge in [0.2, 0.25) is 5.91 Å². The molecule has 0 unspecified atom stereocenters. The second kappa shape index (κ2) is 10.8. The van der Waals surface area contributed by atoms with E-state index in [0.29, 0.717) is 36.0 Å². The first-order valence-electron chi connectivity index (χ1n) is 11.9. The molecular weight excluding hydrogens is 440 g/mol. The molecule has 0 radical (unpaired) electrons. The molecule has 2 aromatic heterocycles. The molecule has 2 N–H and O–H groups in total. The monoisotopic (exact) mass is 474 g/mol. The summed E-state index contributed by atoms with van der Waals surface area (Å²) in [6, 6.07) is 2.40. The zero-order valence-corrected chi connectivity index (χ0v) is 20.5. The lowest BCUT2D eigenvalue weighted by Crippen LogP contribution is -2.24. The van der Waals surface area contributed by atoms with Gasteiger partial charge in [0, 0.05) is 24.0 Å². The van der Waals surface area contributed by atoms with Gasteiger partial charge in [0.15, 0.2) is 5.69 Å². The number of ether oxygens (including phenoxy) is 2. The van der Waals surface area contributed by atoms with E-state index in [-0.39, 0.29) is 17.9 Å². The first kappa shape index (κ1) is 23.9. The Balaban J connectivity index is 1.79. The fourth-order valence-corrected chi connectivity index (χ4v) is 5.53. The molecule has 9 heteroatoms. The Morgan fingerprint density at radius 2 is 2.12 bits per heavy atom. The molecule has 8 nitrogen and oxygen atoms in total. The zero-order valence-electron chi connectivity index (χ0n) is 19.7. The number of anilines is 2. The van der Waals surface area contributed by atoms with Gasteiger partial charge in [-0.1, -0.05) is 13.8 Å². The Morgan fingerprint density at radius 3 is 2.79 bits per heavy atom. The Hall–Kier alpha value is -2.26. The molecule has 2 aliphatic rings. The number of amides is 1. The van der Waals surface area contributed by atoms with Crippen molar-refractivity contribution in [1.82, 2.24) is 9.55 Å². The minimum atomic E-state index is -0.496. The average molecular weight is 475 g/mol. The van der Waals surface area contributed by atoms with Gasteiger partial charge in [-0.15, -0.1) is 0 Å². The molecular formula is C24H34N4O4S. The SMILES string of the molecule is CC[C@H](C)C(=O)Nc1c(C(=O)OC)n(C[C@H]2CCCO2)c2ncc(NC3CCSCC3)cc12. The number of carbonyl (C=O) groups excluding carboxylic acids is 2. The van der Waals surface area contributed by atoms with Crippen molar-refractivity contribution in [3.63, 3.8) is 0 Å². The van der Waals surface area contributed by atoms with Crippen molar-refractivity contribution in [2.45, 2.75) is 64.6 Å². The van der Waals surface area contributed by atoms with Crippen molar-refractivity contribution in [1.29, 1.82) is 0 Å². The molecule has 180 valence electrons. The Kier molecular flexibility index (Phi) is 7.80. The fourth-order valence-electron chi connectivity index (χ4n) is 4.42. The number of carbonyl (C=O) groups is 2. The van der Waals surface area contributed by atoms with Gasteiger partial charge < -0.3 is 24.7 Å². The number of pyridine rings is 1. The third-order valence-corrected chi connectivity index (χ3v) is 7.64. The zero-order chi connectivity index (χ0) is 23.4. The van der Waals surface area contributed by atoms with Crippen LogP contribution in [-0.4, -0.2) is 58.8 Å². The molecule has 4 rings (SSSR count). The summed E-state index contributed by atoms with van der Waals surface area (Å²) >= 11 is 1.98. The summed E-state index contributed by atoms with van der Waals surface area (Å²) in [5.41, 5.74) is 2.33. The van der Waals surface area contributed by atoms with E-state index in [1.807, 2.05) is 42.4 Å². The van der Waals surface area contributed by atoms with Crippen LogP contribution in [0.25, 0.3) is 11.0 Å². The maximum Gasteiger partial charge on any atom is 0.356 e. The van der Waals surface area contributed by atoms with Crippen molar-refractivity contribution in [3.05, 3.63) is 18.0 Å². The van der Waals surface area contributed by atoms with Crippen LogP contribution in [0.15, 0.2) is 12.3 Å². The van der Waals surface area contributed by atoms with E-state index in [2.05, 4.69) is 10.6 Å². The van der Waals surface area contributed by atoms with Crippen molar-refractivity contribution in [2.75, 3.05) is 35.9 Å². The maximum atomic E-state index is 12.9. The number of thioether (sulfide) groups is 1. The molecule has 4 heterocycles. The molecule has 0 aromatic carbocycles. The fraction of sp³-hybridized carbons (Fsp3) is 0.625. The number of esters is 1. The largest absolute Gasteiger partial charge is 0.464 e. The van der Waals surface area contributed by atoms with Crippen LogP contribution in [0, 0.1) is 5.92 Å². The summed E-state index contributed by atoms with van der Waals surface area (Å²) in [7, 11) is 1.36. The van der Waals surface area contributed by atoms with Crippen LogP contribution in [0.1, 0.15) is 56.4 Å². The summed E-state index contributed by atoms with van der Waals surface area (Å²) in [6.07, 6.45) is 6.66. The predicted molar refractivity (Wildman–Crippen MR) is 132 cm³/mol. The summed E-state index contributed by atoms with van der Waals surface area (Å²) in [4.78, 5) is 30.6. The molecule has 0 spiro atoms. The standard InChI is InChI=1S/C24H34N4O4S/c1-4-15(2)23(29)27-20-19-12-17(26-16-7-10-33-11-8-16)13-25-22(19)28(21(20)24(30)31-3)14-18-6-5-9-32-18/h12-13,15-16,18,26H,4-11,14H2,1-3H3,(H,27,29)/t15-,18+/m0/s1. The van der Waals surface area contributed by atoms with Crippen molar-refractivity contribution in [3.8, 4) is 0 Å². The van der Waals surface area contributed by atoms with Gasteiger partial charge in [-0.25, -0.2) is 9.78 Å². The van der Waals surface area contributed by atoms with Crippen LogP contribution >= 0.6 is 11.8 Å². The summed E-state index contributed by atoms with van der Waals surface area (Å²) in [6.45, 7) is 5.05. The van der Waals surface area contributed by atoms with Gasteiger partial charge in [0.1, 0.15) is 5.65 Å². The van der Waals surface area contributed by atoms with Crippen LogP contribution in [0.4, 0.5) is 11.4 Å². The van der Waals surface area contributed by atoms with Crippen LogP contribution in [0.2, 0.25) is 0 Å². The molecule has 2 atom stereocenters. The lowest BCUT2D eigenvalue weighted by molar-refractivity contribution is -0.119. The Labute approximate surface area is 199 Å². The second-order valence-corrected chi connectivity index (χ2v) is 10.1. The normalized spacial score (nSPS) is 20.0. The highest BCUT2D eigenvalue weighted by molar-refractivity contribution is 7.99. The third-order valence-electron chi connectivity index (χ3n) is 6.59. The van der Waals surface area contributed by atoms with Crippen LogP contribution in [0.3, 0.4) is 0 Å². The number of methoxy groups -OCH3 is 1. The highest BCUT2D eigenvalue weighted by Crippen LogP contribution is 2.34. The van der Waals surface area contributed by atoms with E-state index in [4.69, 9.17) is 14.5 Å². The maximum absolute atomic E-state index is 12.9. The van der Waals surface area contributed by atoms with Gasteiger partial charge in [-0.05, 0) is 49.7 Å². The number of nitrogens with zero attached hydrogens (tertiary/aromatic N) is 2. The molecule has 2 aromatic rings. The Bertz CT molecular complexity index is 996. The molecule has 0 bridgehead atoms. The van der Waals surface area contributed by atoms with Crippen molar-refractivity contribution in [2.24, 2.45) is 5.92 Å². The number of aromatic nitrogens is 2. The van der Waals surface area contributed by atoms with E-state index in [0.717, 1.165) is 54.9 Å². The van der Waals surface area contributed by atoms with Crippen molar-refractivity contribution >= 4 is 46.0 Å². The van der Waals surface area contributed by atoms with Gasteiger partial charge in [0.05, 0.1) is 37.3 Å². The molecule has 0 saturated carbocycles. The number of hydrogen-bond donors (Lipinski definition) is 2. The molecule has 2 saturated heterocycles. The van der Waals surface area contributed by atoms with E-state index in [1.54, 1.807) is 0 Å². The van der Waals surface area contributed by atoms with Gasteiger partial charge in [0.25, 0.3) is 0 Å². The number of fused-ring (bicyclic) bond motifs is 1. The van der Waals surface area contributed by atoms with E-state index in [9.17, 15) is 9.59 Å². The summed E-state index contributed by atoms with van der Waals surface area (Å²) in [5, 5.41) is 7.35. The Morgan fingerprint density at radius 1 is 1.33 bits per heavy atom. The topological polar surface area (TPSA) is 94.5 Å². The lowest BCUT2D eigenvalue weighted by atomic mass is 10.1. The van der Waals surface area contributed by atoms with Gasteiger partial charge in [-0.2, -0.15) is 11.8 Å². The smallest absolute Gasteiger partial charge is 0.356 e. The number of nitrogens with one attached hydrogen (secondary N) is 2. The van der Waals surface area contributed by atoms with E-state index < -0.39 is 5.97 Å². The minimum absolute atomic E-state index is 0.00136. The molecule has 0 aliphatic carbocycles. The predicted octanol–water partition coefficient (Wildman–Crippen LogP) is 4.29. The van der Waals surface area contributed by atoms with Crippen LogP contribution < -0.4 is 10.6 Å². The van der Waals surface area contributed by atoms with Crippen LogP contribution in [0.5, 0.6) is 0 Å². The first-order chi connectivity index (χ1) is 16.0. The molecule has 2 fully saturated rings. The van der Waals surface area contributed by atoms with Crippen LogP contribution in [-0.2, 0) is 20.8 Å². The van der Waals surface area contributed by atoms with Gasteiger partial charge in [-0.3, -0.25) is 4.79 Å². The van der Waals surface area contributed by atoms with Gasteiger partial charge >= 0.3 is 5.97 Å². The lowest BCUT2D eigenvalue weighted by Gasteiger charge is -2.23. The molecule has 1 amide bonds. The third kappa shape index (κ3) is 5.30. The average Bonchev–Trinajstić information content (AvgIpc) is 3.45. The molecule has 33 heavy (non-hydrogen) atoms. The minimum Gasteiger partial charge on any atom is -0.464 e. The highest BCUT2D eigenvalue weighted by atomic mass is 32.2. The quantitative estimate of drug-likeness (QED) is 0.551. The van der Waals surface area contributed by atoms with Crippen molar-refractivity contribution < 1.29 is 19.1 Å². The van der Waals surface area contributed by atoms with E-state index in [1.165, 1.54) is 7.11 Å². The second-order valence-electron chi connectivity index (χ2n) is 8.89. The summed E-state index contributed by atoms with van der Waals surface area (Å²) < 4.78 is 12.8.